The molecule has 0 radical (unpaired) electrons. The van der Waals surface area contributed by atoms with Crippen molar-refractivity contribution in [2.75, 3.05) is 0 Å². The normalized spacial score (nSPS) is 26.4. The maximum absolute atomic E-state index is 12.7. The Morgan fingerprint density at radius 1 is 1.27 bits per heavy atom. The lowest BCUT2D eigenvalue weighted by Gasteiger charge is -2.35. The topological polar surface area (TPSA) is 59.0 Å². The highest BCUT2D eigenvalue weighted by molar-refractivity contribution is 5.70. The molecule has 1 aliphatic rings. The SMILES string of the molecule is CC(C)C[C@H]1[C@H](CC(C)O)OC(C)(C)N1C(=O)OC(C)(C)C. The number of amides is 1. The van der Waals surface area contributed by atoms with Crippen LogP contribution in [0.5, 0.6) is 0 Å². The van der Waals surface area contributed by atoms with Gasteiger partial charge >= 0.3 is 6.09 Å². The molecule has 5 nitrogen and oxygen atoms in total. The Bertz CT molecular complexity index is 385. The summed E-state index contributed by atoms with van der Waals surface area (Å²) < 4.78 is 11.7. The number of ether oxygens (including phenoxy) is 2. The van der Waals surface area contributed by atoms with Gasteiger partial charge in [0, 0.05) is 6.42 Å². The zero-order valence-corrected chi connectivity index (χ0v) is 15.3. The smallest absolute Gasteiger partial charge is 0.412 e. The van der Waals surface area contributed by atoms with E-state index in [-0.39, 0.29) is 18.2 Å². The molecular formula is C17H33NO4. The largest absolute Gasteiger partial charge is 0.444 e. The van der Waals surface area contributed by atoms with Crippen LogP contribution in [0.25, 0.3) is 0 Å². The van der Waals surface area contributed by atoms with E-state index in [0.717, 1.165) is 6.42 Å². The molecule has 3 atom stereocenters. The van der Waals surface area contributed by atoms with Crippen LogP contribution in [0, 0.1) is 5.92 Å². The second kappa shape index (κ2) is 6.75. The fraction of sp³-hybridized carbons (Fsp3) is 0.941. The van der Waals surface area contributed by atoms with Crippen molar-refractivity contribution in [1.82, 2.24) is 4.90 Å². The third-order valence-electron chi connectivity index (χ3n) is 3.66. The molecule has 1 aliphatic heterocycles. The fourth-order valence-corrected chi connectivity index (χ4v) is 3.02. The summed E-state index contributed by atoms with van der Waals surface area (Å²) in [6.07, 6.45) is 0.343. The van der Waals surface area contributed by atoms with E-state index in [1.165, 1.54) is 0 Å². The Hall–Kier alpha value is -0.810. The average Bonchev–Trinajstić information content (AvgIpc) is 2.44. The number of carbonyl (C=O) groups is 1. The lowest BCUT2D eigenvalue weighted by molar-refractivity contribution is -0.0842. The van der Waals surface area contributed by atoms with Crippen LogP contribution in [0.15, 0.2) is 0 Å². The van der Waals surface area contributed by atoms with Gasteiger partial charge in [-0.15, -0.1) is 0 Å². The summed E-state index contributed by atoms with van der Waals surface area (Å²) in [4.78, 5) is 14.4. The molecule has 130 valence electrons. The Morgan fingerprint density at radius 2 is 1.82 bits per heavy atom. The summed E-state index contributed by atoms with van der Waals surface area (Å²) in [6.45, 7) is 15.3. The first-order valence-electron chi connectivity index (χ1n) is 8.21. The molecule has 1 N–H and O–H groups in total. The molecule has 1 amide bonds. The predicted octanol–water partition coefficient (Wildman–Crippen LogP) is 3.54. The Balaban J connectivity index is 3.04. The number of rotatable bonds is 4. The van der Waals surface area contributed by atoms with Crippen LogP contribution in [-0.2, 0) is 9.47 Å². The molecule has 0 saturated carbocycles. The van der Waals surface area contributed by atoms with Crippen LogP contribution in [0.3, 0.4) is 0 Å². The third kappa shape index (κ3) is 5.13. The fourth-order valence-electron chi connectivity index (χ4n) is 3.02. The van der Waals surface area contributed by atoms with Gasteiger partial charge in [-0.05, 0) is 53.9 Å². The van der Waals surface area contributed by atoms with Crippen molar-refractivity contribution in [3.05, 3.63) is 0 Å². The second-order valence-corrected chi connectivity index (χ2v) is 8.24. The predicted molar refractivity (Wildman–Crippen MR) is 86.6 cm³/mol. The Morgan fingerprint density at radius 3 is 2.23 bits per heavy atom. The van der Waals surface area contributed by atoms with Crippen molar-refractivity contribution in [2.45, 2.75) is 97.8 Å². The van der Waals surface area contributed by atoms with Crippen molar-refractivity contribution < 1.29 is 19.4 Å². The molecule has 1 heterocycles. The van der Waals surface area contributed by atoms with E-state index in [1.54, 1.807) is 11.8 Å². The first-order valence-corrected chi connectivity index (χ1v) is 8.21. The van der Waals surface area contributed by atoms with E-state index < -0.39 is 17.4 Å². The van der Waals surface area contributed by atoms with Crippen molar-refractivity contribution in [2.24, 2.45) is 5.92 Å². The van der Waals surface area contributed by atoms with Gasteiger partial charge in [0.15, 0.2) is 0 Å². The summed E-state index contributed by atoms with van der Waals surface area (Å²) in [7, 11) is 0. The summed E-state index contributed by atoms with van der Waals surface area (Å²) >= 11 is 0. The molecule has 1 fully saturated rings. The molecule has 1 unspecified atom stereocenters. The Labute approximate surface area is 135 Å². The molecule has 0 aromatic heterocycles. The number of carbonyl (C=O) groups excluding carboxylic acids is 1. The zero-order valence-electron chi connectivity index (χ0n) is 15.3. The summed E-state index contributed by atoms with van der Waals surface area (Å²) in [5.41, 5.74) is -1.28. The zero-order chi connectivity index (χ0) is 17.3. The molecule has 0 aromatic rings. The van der Waals surface area contributed by atoms with Gasteiger partial charge in [-0.25, -0.2) is 4.79 Å². The number of aliphatic hydroxyl groups is 1. The summed E-state index contributed by atoms with van der Waals surface area (Å²) in [6, 6.07) is -0.0838. The molecule has 0 aromatic carbocycles. The molecule has 1 saturated heterocycles. The van der Waals surface area contributed by atoms with Gasteiger partial charge in [0.05, 0.1) is 18.2 Å². The highest BCUT2D eigenvalue weighted by atomic mass is 16.6. The minimum atomic E-state index is -0.735. The van der Waals surface area contributed by atoms with E-state index in [4.69, 9.17) is 9.47 Å². The van der Waals surface area contributed by atoms with Gasteiger partial charge < -0.3 is 14.6 Å². The number of hydrogen-bond acceptors (Lipinski definition) is 4. The average molecular weight is 315 g/mol. The molecular weight excluding hydrogens is 282 g/mol. The van der Waals surface area contributed by atoms with Crippen molar-refractivity contribution >= 4 is 6.09 Å². The van der Waals surface area contributed by atoms with Crippen LogP contribution >= 0.6 is 0 Å². The molecule has 0 spiro atoms. The second-order valence-electron chi connectivity index (χ2n) is 8.24. The highest BCUT2D eigenvalue weighted by Gasteiger charge is 2.51. The van der Waals surface area contributed by atoms with E-state index >= 15 is 0 Å². The monoisotopic (exact) mass is 315 g/mol. The van der Waals surface area contributed by atoms with E-state index in [9.17, 15) is 9.90 Å². The lowest BCUT2D eigenvalue weighted by atomic mass is 9.95. The van der Waals surface area contributed by atoms with Crippen molar-refractivity contribution in [1.29, 1.82) is 0 Å². The van der Waals surface area contributed by atoms with Gasteiger partial charge in [0.25, 0.3) is 0 Å². The number of nitrogens with zero attached hydrogens (tertiary/aromatic N) is 1. The highest BCUT2D eigenvalue weighted by Crippen LogP contribution is 2.38. The Kier molecular flexibility index (Phi) is 5.90. The number of aliphatic hydroxyl groups excluding tert-OH is 1. The molecule has 1 rings (SSSR count). The van der Waals surface area contributed by atoms with Gasteiger partial charge in [-0.2, -0.15) is 0 Å². The minimum Gasteiger partial charge on any atom is -0.444 e. The van der Waals surface area contributed by atoms with Crippen LogP contribution < -0.4 is 0 Å². The first kappa shape index (κ1) is 19.2. The lowest BCUT2D eigenvalue weighted by Crippen LogP contribution is -2.50. The quantitative estimate of drug-likeness (QED) is 0.862. The maximum atomic E-state index is 12.7. The van der Waals surface area contributed by atoms with Crippen molar-refractivity contribution in [3.63, 3.8) is 0 Å². The van der Waals surface area contributed by atoms with Gasteiger partial charge in [-0.1, -0.05) is 13.8 Å². The van der Waals surface area contributed by atoms with Gasteiger partial charge in [0.1, 0.15) is 11.3 Å². The third-order valence-corrected chi connectivity index (χ3v) is 3.66. The molecule has 5 heteroatoms. The van der Waals surface area contributed by atoms with Crippen LogP contribution in [0.2, 0.25) is 0 Å². The van der Waals surface area contributed by atoms with Crippen LogP contribution in [0.1, 0.15) is 68.2 Å². The van der Waals surface area contributed by atoms with Gasteiger partial charge in [0.2, 0.25) is 0 Å². The van der Waals surface area contributed by atoms with E-state index in [0.29, 0.717) is 12.3 Å². The summed E-state index contributed by atoms with van der Waals surface area (Å²) in [5.74, 6) is 0.420. The van der Waals surface area contributed by atoms with Gasteiger partial charge in [-0.3, -0.25) is 4.90 Å². The molecule has 22 heavy (non-hydrogen) atoms. The maximum Gasteiger partial charge on any atom is 0.412 e. The molecule has 0 aliphatic carbocycles. The van der Waals surface area contributed by atoms with Crippen LogP contribution in [0.4, 0.5) is 4.79 Å². The van der Waals surface area contributed by atoms with E-state index in [2.05, 4.69) is 13.8 Å². The molecule has 0 bridgehead atoms. The standard InChI is InChI=1S/C17H33NO4/c1-11(2)9-13-14(10-12(3)19)21-17(7,8)18(13)15(20)22-16(4,5)6/h11-14,19H,9-10H2,1-8H3/t12?,13-,14-/m0/s1. The summed E-state index contributed by atoms with van der Waals surface area (Å²) in [5, 5.41) is 9.73. The first-order chi connectivity index (χ1) is 9.83. The number of hydrogen-bond donors (Lipinski definition) is 1. The van der Waals surface area contributed by atoms with Crippen molar-refractivity contribution in [3.8, 4) is 0 Å². The van der Waals surface area contributed by atoms with E-state index in [1.807, 2.05) is 34.6 Å². The van der Waals surface area contributed by atoms with Crippen LogP contribution in [-0.4, -0.2) is 45.7 Å². The minimum absolute atomic E-state index is 0.0838.